The van der Waals surface area contributed by atoms with Gasteiger partial charge in [0.15, 0.2) is 11.9 Å². The molecular formula is C26H23FN2O5S2. The van der Waals surface area contributed by atoms with Crippen LogP contribution in [0, 0.1) is 12.7 Å². The summed E-state index contributed by atoms with van der Waals surface area (Å²) < 4.78 is 32.0. The largest absolute Gasteiger partial charge is 0.467 e. The Morgan fingerprint density at radius 1 is 1.28 bits per heavy atom. The van der Waals surface area contributed by atoms with E-state index < -0.39 is 5.97 Å². The standard InChI is InChI=1S/C26H23FN2O5S2/c1-3-33-25(31)22-15(2)20-23(36-22)28-26(29(24(20)30)11-16-7-5-4-6-8-16)35-13-18-10-19(27)9-17-12-32-14-34-21(17)18/h4-10H,3,11-14H2,1-2H3. The van der Waals surface area contributed by atoms with Gasteiger partial charge in [0, 0.05) is 16.9 Å². The summed E-state index contributed by atoms with van der Waals surface area (Å²) in [6, 6.07) is 12.4. The third kappa shape index (κ3) is 4.76. The van der Waals surface area contributed by atoms with Crippen LogP contribution in [0.1, 0.15) is 38.8 Å². The van der Waals surface area contributed by atoms with Crippen LogP contribution in [0.25, 0.3) is 10.2 Å². The SMILES string of the molecule is CCOC(=O)c1sc2nc(SCc3cc(F)cc4c3OCOC4)n(Cc3ccccc3)c(=O)c2c1C. The number of halogens is 1. The molecule has 0 fully saturated rings. The first kappa shape index (κ1) is 24.5. The number of thiophene rings is 1. The summed E-state index contributed by atoms with van der Waals surface area (Å²) in [5.41, 5.74) is 2.58. The molecule has 10 heteroatoms. The van der Waals surface area contributed by atoms with Crippen LogP contribution >= 0.6 is 23.1 Å². The van der Waals surface area contributed by atoms with Crippen molar-refractivity contribution in [2.75, 3.05) is 13.4 Å². The second-order valence-electron chi connectivity index (χ2n) is 8.18. The average molecular weight is 527 g/mol. The highest BCUT2D eigenvalue weighted by Crippen LogP contribution is 2.35. The van der Waals surface area contributed by atoms with E-state index in [0.717, 1.165) is 16.9 Å². The highest BCUT2D eigenvalue weighted by molar-refractivity contribution is 7.98. The van der Waals surface area contributed by atoms with Crippen LogP contribution in [0.5, 0.6) is 5.75 Å². The number of carbonyl (C=O) groups excluding carboxylic acids is 1. The van der Waals surface area contributed by atoms with Gasteiger partial charge in [0.2, 0.25) is 0 Å². The predicted molar refractivity (Wildman–Crippen MR) is 136 cm³/mol. The number of rotatable bonds is 7. The van der Waals surface area contributed by atoms with E-state index in [1.807, 2.05) is 30.3 Å². The molecule has 0 saturated carbocycles. The number of hydrogen-bond donors (Lipinski definition) is 0. The van der Waals surface area contributed by atoms with E-state index in [1.165, 1.54) is 23.9 Å². The van der Waals surface area contributed by atoms with Crippen LogP contribution in [-0.4, -0.2) is 28.9 Å². The van der Waals surface area contributed by atoms with Crippen molar-refractivity contribution in [2.24, 2.45) is 0 Å². The fourth-order valence-electron chi connectivity index (χ4n) is 4.11. The van der Waals surface area contributed by atoms with Gasteiger partial charge in [-0.15, -0.1) is 11.3 Å². The number of hydrogen-bond acceptors (Lipinski definition) is 8. The van der Waals surface area contributed by atoms with Crippen molar-refractivity contribution in [1.82, 2.24) is 9.55 Å². The van der Waals surface area contributed by atoms with Crippen molar-refractivity contribution >= 4 is 39.3 Å². The van der Waals surface area contributed by atoms with E-state index in [0.29, 0.717) is 55.0 Å². The Morgan fingerprint density at radius 2 is 2.08 bits per heavy atom. The summed E-state index contributed by atoms with van der Waals surface area (Å²) in [7, 11) is 0. The van der Waals surface area contributed by atoms with Gasteiger partial charge in [0.1, 0.15) is 21.3 Å². The number of ether oxygens (including phenoxy) is 3. The van der Waals surface area contributed by atoms with Gasteiger partial charge in [0.25, 0.3) is 5.56 Å². The molecule has 1 aliphatic heterocycles. The maximum absolute atomic E-state index is 14.3. The predicted octanol–water partition coefficient (Wildman–Crippen LogP) is 5.29. The fraction of sp³-hybridized carbons (Fsp3) is 0.269. The third-order valence-electron chi connectivity index (χ3n) is 5.77. The lowest BCUT2D eigenvalue weighted by Crippen LogP contribution is -2.24. The van der Waals surface area contributed by atoms with Crippen LogP contribution < -0.4 is 10.3 Å². The van der Waals surface area contributed by atoms with Gasteiger partial charge in [-0.2, -0.15) is 0 Å². The van der Waals surface area contributed by atoms with Crippen LogP contribution in [0.2, 0.25) is 0 Å². The number of fused-ring (bicyclic) bond motifs is 2. The number of esters is 1. The van der Waals surface area contributed by atoms with E-state index in [-0.39, 0.29) is 31.4 Å². The van der Waals surface area contributed by atoms with Crippen molar-refractivity contribution in [2.45, 2.75) is 37.9 Å². The zero-order valence-corrected chi connectivity index (χ0v) is 21.3. The molecule has 0 atom stereocenters. The lowest BCUT2D eigenvalue weighted by atomic mass is 10.1. The van der Waals surface area contributed by atoms with Crippen LogP contribution in [0.15, 0.2) is 52.4 Å². The molecule has 2 aromatic carbocycles. The van der Waals surface area contributed by atoms with E-state index in [1.54, 1.807) is 18.4 Å². The summed E-state index contributed by atoms with van der Waals surface area (Å²) in [6.45, 7) is 4.40. The molecule has 1 aliphatic rings. The number of carbonyl (C=O) groups is 1. The third-order valence-corrected chi connectivity index (χ3v) is 7.96. The second kappa shape index (κ2) is 10.4. The lowest BCUT2D eigenvalue weighted by molar-refractivity contribution is -0.0171. The molecule has 0 bridgehead atoms. The van der Waals surface area contributed by atoms with Gasteiger partial charge in [-0.25, -0.2) is 14.2 Å². The molecule has 0 radical (unpaired) electrons. The highest BCUT2D eigenvalue weighted by atomic mass is 32.2. The summed E-state index contributed by atoms with van der Waals surface area (Å²) in [5, 5.41) is 0.880. The van der Waals surface area contributed by atoms with E-state index in [2.05, 4.69) is 0 Å². The quantitative estimate of drug-likeness (QED) is 0.184. The molecule has 0 saturated heterocycles. The van der Waals surface area contributed by atoms with Gasteiger partial charge in [0.05, 0.1) is 25.1 Å². The monoisotopic (exact) mass is 526 g/mol. The Morgan fingerprint density at radius 3 is 2.86 bits per heavy atom. The first-order valence-electron chi connectivity index (χ1n) is 11.4. The summed E-state index contributed by atoms with van der Waals surface area (Å²) in [4.78, 5) is 31.8. The van der Waals surface area contributed by atoms with Crippen LogP contribution in [0.3, 0.4) is 0 Å². The maximum atomic E-state index is 14.3. The second-order valence-corrected chi connectivity index (χ2v) is 10.1. The molecular weight excluding hydrogens is 503 g/mol. The van der Waals surface area contributed by atoms with E-state index >= 15 is 0 Å². The molecule has 186 valence electrons. The Balaban J connectivity index is 1.59. The summed E-state index contributed by atoms with van der Waals surface area (Å²) >= 11 is 2.47. The Hall–Kier alpha value is -3.21. The minimum absolute atomic E-state index is 0.102. The summed E-state index contributed by atoms with van der Waals surface area (Å²) in [6.07, 6.45) is 0. The molecule has 0 spiro atoms. The van der Waals surface area contributed by atoms with Gasteiger partial charge < -0.3 is 14.2 Å². The van der Waals surface area contributed by atoms with Gasteiger partial charge in [-0.05, 0) is 37.1 Å². The fourth-order valence-corrected chi connectivity index (χ4v) is 6.19. The Bertz CT molecular complexity index is 1500. The first-order valence-corrected chi connectivity index (χ1v) is 13.2. The Labute approximate surface area is 214 Å². The van der Waals surface area contributed by atoms with Crippen molar-refractivity contribution in [3.63, 3.8) is 0 Å². The summed E-state index contributed by atoms with van der Waals surface area (Å²) in [5.74, 6) is 0.0928. The molecule has 0 amide bonds. The zero-order valence-electron chi connectivity index (χ0n) is 19.7. The normalized spacial score (nSPS) is 12.9. The van der Waals surface area contributed by atoms with Crippen molar-refractivity contribution in [3.05, 3.63) is 85.8 Å². The maximum Gasteiger partial charge on any atom is 0.348 e. The van der Waals surface area contributed by atoms with Crippen LogP contribution in [-0.2, 0) is 28.4 Å². The number of nitrogens with zero attached hydrogens (tertiary/aromatic N) is 2. The van der Waals surface area contributed by atoms with Crippen molar-refractivity contribution < 1.29 is 23.4 Å². The topological polar surface area (TPSA) is 79.7 Å². The minimum atomic E-state index is -0.466. The molecule has 0 N–H and O–H groups in total. The average Bonchev–Trinajstić information content (AvgIpc) is 3.21. The molecule has 2 aromatic heterocycles. The molecule has 3 heterocycles. The van der Waals surface area contributed by atoms with E-state index in [9.17, 15) is 14.0 Å². The molecule has 0 aliphatic carbocycles. The van der Waals surface area contributed by atoms with Gasteiger partial charge in [-0.1, -0.05) is 42.1 Å². The minimum Gasteiger partial charge on any atom is -0.467 e. The van der Waals surface area contributed by atoms with Gasteiger partial charge in [-0.3, -0.25) is 9.36 Å². The zero-order chi connectivity index (χ0) is 25.2. The molecule has 4 aromatic rings. The molecule has 7 nitrogen and oxygen atoms in total. The molecule has 5 rings (SSSR count). The van der Waals surface area contributed by atoms with Crippen molar-refractivity contribution in [3.8, 4) is 5.75 Å². The lowest BCUT2D eigenvalue weighted by Gasteiger charge is -2.21. The van der Waals surface area contributed by atoms with Gasteiger partial charge >= 0.3 is 5.97 Å². The molecule has 0 unspecified atom stereocenters. The number of thioether (sulfide) groups is 1. The van der Waals surface area contributed by atoms with E-state index in [4.69, 9.17) is 19.2 Å². The number of aryl methyl sites for hydroxylation is 1. The smallest absolute Gasteiger partial charge is 0.348 e. The first-order chi connectivity index (χ1) is 17.5. The van der Waals surface area contributed by atoms with Crippen molar-refractivity contribution in [1.29, 1.82) is 0 Å². The number of benzene rings is 2. The molecule has 36 heavy (non-hydrogen) atoms. The Kier molecular flexibility index (Phi) is 7.08. The highest BCUT2D eigenvalue weighted by Gasteiger charge is 2.23. The number of aromatic nitrogens is 2. The van der Waals surface area contributed by atoms with Crippen LogP contribution in [0.4, 0.5) is 4.39 Å².